The normalized spacial score (nSPS) is 10.7. The van der Waals surface area contributed by atoms with E-state index in [-0.39, 0.29) is 29.6 Å². The molecule has 2 aromatic carbocycles. The van der Waals surface area contributed by atoms with Gasteiger partial charge in [0, 0.05) is 29.6 Å². The molecule has 3 rings (SSSR count). The minimum atomic E-state index is 0. The summed E-state index contributed by atoms with van der Waals surface area (Å²) in [7, 11) is 0. The SMILES string of the molecule is C1=Cc2ccccc2C1.C=Cc1ccccc1.[Na]. The van der Waals surface area contributed by atoms with Crippen LogP contribution in [0.4, 0.5) is 0 Å². The maximum atomic E-state index is 3.63. The largest absolute Gasteiger partial charge is 0.0985 e. The maximum Gasteiger partial charge on any atom is 0 e. The van der Waals surface area contributed by atoms with Crippen molar-refractivity contribution in [2.24, 2.45) is 0 Å². The molecule has 0 bridgehead atoms. The van der Waals surface area contributed by atoms with Crippen LogP contribution in [0.5, 0.6) is 0 Å². The fraction of sp³-hybridized carbons (Fsp3) is 0.0588. The third-order valence-electron chi connectivity index (χ3n) is 2.73. The molecule has 0 unspecified atom stereocenters. The van der Waals surface area contributed by atoms with Crippen molar-refractivity contribution >= 4 is 41.7 Å². The average Bonchev–Trinajstić information content (AvgIpc) is 2.89. The van der Waals surface area contributed by atoms with Crippen LogP contribution in [0, 0.1) is 0 Å². The van der Waals surface area contributed by atoms with Gasteiger partial charge in [0.05, 0.1) is 0 Å². The molecular weight excluding hydrogens is 227 g/mol. The smallest absolute Gasteiger partial charge is 0 e. The predicted molar refractivity (Wildman–Crippen MR) is 81.5 cm³/mol. The van der Waals surface area contributed by atoms with Crippen molar-refractivity contribution in [1.29, 1.82) is 0 Å². The minimum absolute atomic E-state index is 0. The van der Waals surface area contributed by atoms with Crippen molar-refractivity contribution in [3.05, 3.63) is 83.9 Å². The molecule has 1 aliphatic carbocycles. The number of allylic oxidation sites excluding steroid dienone is 1. The van der Waals surface area contributed by atoms with Crippen LogP contribution in [0.1, 0.15) is 16.7 Å². The van der Waals surface area contributed by atoms with Gasteiger partial charge in [0.15, 0.2) is 0 Å². The first-order chi connectivity index (χ1) is 8.40. The first-order valence-corrected chi connectivity index (χ1v) is 5.82. The van der Waals surface area contributed by atoms with Gasteiger partial charge < -0.3 is 0 Å². The summed E-state index contributed by atoms with van der Waals surface area (Å²) in [5, 5.41) is 0. The molecule has 0 nitrogen and oxygen atoms in total. The Morgan fingerprint density at radius 1 is 0.889 bits per heavy atom. The Hall–Kier alpha value is -1.08. The Morgan fingerprint density at radius 2 is 1.56 bits per heavy atom. The molecular formula is C17H16Na. The monoisotopic (exact) mass is 243 g/mol. The van der Waals surface area contributed by atoms with Gasteiger partial charge in [0.1, 0.15) is 0 Å². The van der Waals surface area contributed by atoms with Crippen LogP contribution in [0.25, 0.3) is 12.2 Å². The molecule has 0 amide bonds. The predicted octanol–water partition coefficient (Wildman–Crippen LogP) is 4.20. The van der Waals surface area contributed by atoms with Gasteiger partial charge in [-0.25, -0.2) is 0 Å². The molecule has 2 aromatic rings. The maximum absolute atomic E-state index is 3.63. The topological polar surface area (TPSA) is 0 Å². The zero-order valence-electron chi connectivity index (χ0n) is 10.8. The molecule has 0 saturated heterocycles. The van der Waals surface area contributed by atoms with Crippen LogP contribution in [0.2, 0.25) is 0 Å². The third kappa shape index (κ3) is 4.30. The second-order valence-corrected chi connectivity index (χ2v) is 3.92. The first kappa shape index (κ1) is 15.0. The molecule has 0 aromatic heterocycles. The molecule has 0 fully saturated rings. The quantitative estimate of drug-likeness (QED) is 0.658. The van der Waals surface area contributed by atoms with Crippen LogP contribution in [-0.4, -0.2) is 29.6 Å². The zero-order chi connectivity index (χ0) is 11.9. The van der Waals surface area contributed by atoms with E-state index in [0.29, 0.717) is 0 Å². The van der Waals surface area contributed by atoms with Gasteiger partial charge >= 0.3 is 0 Å². The number of hydrogen-bond acceptors (Lipinski definition) is 0. The van der Waals surface area contributed by atoms with Crippen LogP contribution >= 0.6 is 0 Å². The van der Waals surface area contributed by atoms with Gasteiger partial charge in [-0.1, -0.05) is 79.4 Å². The van der Waals surface area contributed by atoms with Crippen molar-refractivity contribution in [3.63, 3.8) is 0 Å². The first-order valence-electron chi connectivity index (χ1n) is 5.82. The van der Waals surface area contributed by atoms with E-state index in [1.807, 2.05) is 36.4 Å². The van der Waals surface area contributed by atoms with E-state index in [0.717, 1.165) is 6.42 Å². The molecule has 0 saturated carbocycles. The van der Waals surface area contributed by atoms with Crippen molar-refractivity contribution < 1.29 is 0 Å². The summed E-state index contributed by atoms with van der Waals surface area (Å²) >= 11 is 0. The van der Waals surface area contributed by atoms with Crippen LogP contribution in [-0.2, 0) is 6.42 Å². The summed E-state index contributed by atoms with van der Waals surface area (Å²) in [4.78, 5) is 0. The molecule has 18 heavy (non-hydrogen) atoms. The Kier molecular flexibility index (Phi) is 6.74. The molecule has 0 N–H and O–H groups in total. The molecule has 0 aliphatic heterocycles. The van der Waals surface area contributed by atoms with Gasteiger partial charge in [0.2, 0.25) is 0 Å². The summed E-state index contributed by atoms with van der Waals surface area (Å²) < 4.78 is 0. The number of hydrogen-bond donors (Lipinski definition) is 0. The van der Waals surface area contributed by atoms with E-state index in [4.69, 9.17) is 0 Å². The van der Waals surface area contributed by atoms with E-state index in [1.54, 1.807) is 0 Å². The van der Waals surface area contributed by atoms with Crippen molar-refractivity contribution in [1.82, 2.24) is 0 Å². The number of fused-ring (bicyclic) bond motifs is 1. The van der Waals surface area contributed by atoms with E-state index >= 15 is 0 Å². The standard InChI is InChI=1S/C9H8.C8H8.Na/c1-2-5-9-7-3-6-8(9)4-1;1-2-8-6-4-3-5-7-8;/h1-6H,7H2;2-7H,1H2;. The Bertz CT molecular complexity index is 512. The molecule has 0 atom stereocenters. The fourth-order valence-electron chi connectivity index (χ4n) is 1.78. The summed E-state index contributed by atoms with van der Waals surface area (Å²) in [6.07, 6.45) is 7.33. The van der Waals surface area contributed by atoms with Crippen LogP contribution in [0.15, 0.2) is 67.3 Å². The van der Waals surface area contributed by atoms with E-state index in [2.05, 4.69) is 43.0 Å². The van der Waals surface area contributed by atoms with Gasteiger partial charge in [-0.3, -0.25) is 0 Å². The molecule has 1 aliphatic rings. The van der Waals surface area contributed by atoms with Crippen LogP contribution < -0.4 is 0 Å². The summed E-state index contributed by atoms with van der Waals surface area (Å²) in [5.74, 6) is 0. The Morgan fingerprint density at radius 3 is 2.17 bits per heavy atom. The van der Waals surface area contributed by atoms with Gasteiger partial charge in [0.25, 0.3) is 0 Å². The molecule has 1 heteroatoms. The average molecular weight is 243 g/mol. The van der Waals surface area contributed by atoms with Crippen molar-refractivity contribution in [2.45, 2.75) is 6.42 Å². The minimum Gasteiger partial charge on any atom is -0.0985 e. The summed E-state index contributed by atoms with van der Waals surface area (Å²) in [6, 6.07) is 18.5. The third-order valence-corrected chi connectivity index (χ3v) is 2.73. The van der Waals surface area contributed by atoms with Crippen molar-refractivity contribution in [3.8, 4) is 0 Å². The van der Waals surface area contributed by atoms with E-state index in [1.165, 1.54) is 16.7 Å². The second-order valence-electron chi connectivity index (χ2n) is 3.92. The number of rotatable bonds is 1. The number of benzene rings is 2. The second kappa shape index (κ2) is 8.10. The van der Waals surface area contributed by atoms with Gasteiger partial charge in [-0.15, -0.1) is 0 Å². The Balaban J connectivity index is 0.000000172. The van der Waals surface area contributed by atoms with Crippen molar-refractivity contribution in [2.75, 3.05) is 0 Å². The Labute approximate surface area is 131 Å². The molecule has 0 heterocycles. The molecule has 0 spiro atoms. The zero-order valence-corrected chi connectivity index (χ0v) is 12.8. The van der Waals surface area contributed by atoms with E-state index < -0.39 is 0 Å². The van der Waals surface area contributed by atoms with Gasteiger partial charge in [-0.2, -0.15) is 0 Å². The van der Waals surface area contributed by atoms with Crippen LogP contribution in [0.3, 0.4) is 0 Å². The summed E-state index contributed by atoms with van der Waals surface area (Å²) in [5.41, 5.74) is 4.02. The fourth-order valence-corrected chi connectivity index (χ4v) is 1.78. The molecule has 85 valence electrons. The summed E-state index contributed by atoms with van der Waals surface area (Å²) in [6.45, 7) is 3.63. The van der Waals surface area contributed by atoms with Gasteiger partial charge in [-0.05, 0) is 23.1 Å². The van der Waals surface area contributed by atoms with E-state index in [9.17, 15) is 0 Å². The molecule has 1 radical (unpaired) electrons.